The molecule has 0 aromatic carbocycles. The molecule has 2 N–H and O–H groups in total. The van der Waals surface area contributed by atoms with Crippen LogP contribution in [0, 0.1) is 5.41 Å². The molecule has 2 rings (SSSR count). The van der Waals surface area contributed by atoms with Crippen LogP contribution in [-0.4, -0.2) is 42.0 Å². The summed E-state index contributed by atoms with van der Waals surface area (Å²) in [5.41, 5.74) is 8.58. The van der Waals surface area contributed by atoms with E-state index in [0.29, 0.717) is 12.1 Å². The first kappa shape index (κ1) is 13.5. The summed E-state index contributed by atoms with van der Waals surface area (Å²) in [6.45, 7) is 11.4. The van der Waals surface area contributed by atoms with Gasteiger partial charge in [0.25, 0.3) is 0 Å². The lowest BCUT2D eigenvalue weighted by atomic mass is 9.80. The highest BCUT2D eigenvalue weighted by Crippen LogP contribution is 2.38. The molecule has 0 bridgehead atoms. The van der Waals surface area contributed by atoms with Crippen molar-refractivity contribution >= 4 is 0 Å². The van der Waals surface area contributed by atoms with Crippen LogP contribution in [0.4, 0.5) is 0 Å². The van der Waals surface area contributed by atoms with E-state index in [0.717, 1.165) is 25.2 Å². The van der Waals surface area contributed by atoms with Gasteiger partial charge in [-0.2, -0.15) is 0 Å². The zero-order valence-corrected chi connectivity index (χ0v) is 12.4. The molecule has 1 fully saturated rings. The highest BCUT2D eigenvalue weighted by Gasteiger charge is 2.34. The van der Waals surface area contributed by atoms with Gasteiger partial charge in [-0.1, -0.05) is 13.8 Å². The number of nitrogens with zero attached hydrogens (tertiary/aromatic N) is 2. The molecule has 0 amide bonds. The van der Waals surface area contributed by atoms with Gasteiger partial charge in [0.15, 0.2) is 0 Å². The summed E-state index contributed by atoms with van der Waals surface area (Å²) in [5.74, 6) is 0. The molecule has 1 aliphatic carbocycles. The first-order chi connectivity index (χ1) is 8.31. The van der Waals surface area contributed by atoms with Gasteiger partial charge in [-0.25, -0.2) is 0 Å². The number of hydrogen-bond acceptors (Lipinski definition) is 3. The summed E-state index contributed by atoms with van der Waals surface area (Å²) < 4.78 is 0. The van der Waals surface area contributed by atoms with Gasteiger partial charge in [0.05, 0.1) is 0 Å². The molecule has 1 saturated heterocycles. The van der Waals surface area contributed by atoms with Crippen LogP contribution in [0.5, 0.6) is 0 Å². The van der Waals surface area contributed by atoms with Crippen molar-refractivity contribution in [1.82, 2.24) is 9.80 Å². The fraction of sp³-hybridized carbons (Fsp3) is 0.733. The topological polar surface area (TPSA) is 32.5 Å². The molecule has 0 saturated carbocycles. The van der Waals surface area contributed by atoms with Gasteiger partial charge < -0.3 is 10.6 Å². The minimum atomic E-state index is 0.161. The number of nitrogens with two attached hydrogens (primary N) is 1. The summed E-state index contributed by atoms with van der Waals surface area (Å²) in [6, 6.07) is 1.21. The Bertz CT molecular complexity index is 369. The van der Waals surface area contributed by atoms with Crippen molar-refractivity contribution in [3.8, 4) is 0 Å². The first-order valence-electron chi connectivity index (χ1n) is 6.95. The van der Waals surface area contributed by atoms with E-state index in [1.165, 1.54) is 5.70 Å². The van der Waals surface area contributed by atoms with Crippen LogP contribution < -0.4 is 5.73 Å². The Kier molecular flexibility index (Phi) is 3.45. The van der Waals surface area contributed by atoms with Gasteiger partial charge in [-0.15, -0.1) is 0 Å². The number of allylic oxidation sites excluding steroid dienone is 4. The van der Waals surface area contributed by atoms with Gasteiger partial charge in [-0.3, -0.25) is 4.90 Å². The minimum Gasteiger partial charge on any atom is -0.402 e. The normalized spacial score (nSPS) is 33.1. The first-order valence-corrected chi connectivity index (χ1v) is 6.95. The van der Waals surface area contributed by atoms with E-state index in [1.54, 1.807) is 0 Å². The summed E-state index contributed by atoms with van der Waals surface area (Å²) in [4.78, 5) is 5.02. The maximum atomic E-state index is 5.97. The molecule has 2 atom stereocenters. The zero-order chi connectivity index (χ0) is 13.5. The molecule has 3 nitrogen and oxygen atoms in total. The lowest BCUT2D eigenvalue weighted by Gasteiger charge is -2.48. The van der Waals surface area contributed by atoms with Gasteiger partial charge in [0.2, 0.25) is 0 Å². The van der Waals surface area contributed by atoms with Crippen LogP contribution in [0.2, 0.25) is 0 Å². The lowest BCUT2D eigenvalue weighted by Crippen LogP contribution is -2.55. The van der Waals surface area contributed by atoms with E-state index in [2.05, 4.69) is 56.7 Å². The van der Waals surface area contributed by atoms with Crippen LogP contribution >= 0.6 is 0 Å². The van der Waals surface area contributed by atoms with Crippen LogP contribution in [-0.2, 0) is 0 Å². The van der Waals surface area contributed by atoms with Gasteiger partial charge >= 0.3 is 0 Å². The smallest absolute Gasteiger partial charge is 0.0329 e. The third-order valence-electron chi connectivity index (χ3n) is 4.50. The number of piperazine rings is 1. The zero-order valence-electron chi connectivity index (χ0n) is 12.4. The number of hydrogen-bond donors (Lipinski definition) is 1. The molecule has 0 spiro atoms. The van der Waals surface area contributed by atoms with Gasteiger partial charge in [0, 0.05) is 42.0 Å². The molecule has 0 aromatic rings. The standard InChI is InChI=1S/C15H27N3/c1-11-9-18(10-12(2)17(11)5)14-7-6-13(16)8-15(14,3)4/h6-7,11-12H,8-10,16H2,1-5H3/t11-,12+. The molecule has 18 heavy (non-hydrogen) atoms. The summed E-state index contributed by atoms with van der Waals surface area (Å²) in [7, 11) is 2.23. The maximum absolute atomic E-state index is 5.97. The van der Waals surface area contributed by atoms with E-state index in [-0.39, 0.29) is 5.41 Å². The second kappa shape index (κ2) is 4.61. The molecule has 1 aliphatic heterocycles. The largest absolute Gasteiger partial charge is 0.402 e. The summed E-state index contributed by atoms with van der Waals surface area (Å²) in [6.07, 6.45) is 5.27. The van der Waals surface area contributed by atoms with Crippen molar-refractivity contribution in [3.05, 3.63) is 23.5 Å². The number of likely N-dealkylation sites (N-methyl/N-ethyl adjacent to an activating group) is 1. The monoisotopic (exact) mass is 249 g/mol. The predicted molar refractivity (Wildman–Crippen MR) is 77.0 cm³/mol. The average molecular weight is 249 g/mol. The second-order valence-corrected chi connectivity index (χ2v) is 6.62. The molecule has 0 unspecified atom stereocenters. The predicted octanol–water partition coefficient (Wildman–Crippen LogP) is 2.17. The third kappa shape index (κ3) is 2.41. The highest BCUT2D eigenvalue weighted by atomic mass is 15.3. The van der Waals surface area contributed by atoms with E-state index >= 15 is 0 Å². The van der Waals surface area contributed by atoms with Crippen LogP contribution in [0.3, 0.4) is 0 Å². The van der Waals surface area contributed by atoms with Crippen LogP contribution in [0.1, 0.15) is 34.1 Å². The van der Waals surface area contributed by atoms with E-state index in [9.17, 15) is 0 Å². The van der Waals surface area contributed by atoms with Gasteiger partial charge in [-0.05, 0) is 39.5 Å². The molecule has 1 heterocycles. The summed E-state index contributed by atoms with van der Waals surface area (Å²) in [5, 5.41) is 0. The van der Waals surface area contributed by atoms with E-state index in [4.69, 9.17) is 5.73 Å². The average Bonchev–Trinajstić information content (AvgIpc) is 2.23. The summed E-state index contributed by atoms with van der Waals surface area (Å²) >= 11 is 0. The molecule has 2 aliphatic rings. The van der Waals surface area contributed by atoms with Crippen molar-refractivity contribution in [1.29, 1.82) is 0 Å². The lowest BCUT2D eigenvalue weighted by molar-refractivity contribution is 0.0658. The number of rotatable bonds is 1. The van der Waals surface area contributed by atoms with Crippen LogP contribution in [0.25, 0.3) is 0 Å². The van der Waals surface area contributed by atoms with Crippen molar-refractivity contribution in [2.24, 2.45) is 11.1 Å². The van der Waals surface area contributed by atoms with Gasteiger partial charge in [0.1, 0.15) is 0 Å². The minimum absolute atomic E-state index is 0.161. The Morgan fingerprint density at radius 1 is 1.17 bits per heavy atom. The third-order valence-corrected chi connectivity index (χ3v) is 4.50. The van der Waals surface area contributed by atoms with E-state index in [1.807, 2.05) is 0 Å². The fourth-order valence-electron chi connectivity index (χ4n) is 3.21. The second-order valence-electron chi connectivity index (χ2n) is 6.62. The Labute approximate surface area is 111 Å². The SMILES string of the molecule is C[C@@H]1CN(C2=CC=C(N)CC2(C)C)C[C@H](C)N1C. The Balaban J connectivity index is 2.21. The van der Waals surface area contributed by atoms with Crippen molar-refractivity contribution in [3.63, 3.8) is 0 Å². The van der Waals surface area contributed by atoms with Crippen LogP contribution in [0.15, 0.2) is 23.5 Å². The molecular formula is C15H27N3. The Morgan fingerprint density at radius 2 is 1.72 bits per heavy atom. The Hall–Kier alpha value is -0.960. The molecule has 102 valence electrons. The fourth-order valence-corrected chi connectivity index (χ4v) is 3.21. The molecule has 0 radical (unpaired) electrons. The highest BCUT2D eigenvalue weighted by molar-refractivity contribution is 5.28. The molecular weight excluding hydrogens is 222 g/mol. The Morgan fingerprint density at radius 3 is 2.22 bits per heavy atom. The molecule has 0 aromatic heterocycles. The van der Waals surface area contributed by atoms with Crippen molar-refractivity contribution in [2.75, 3.05) is 20.1 Å². The van der Waals surface area contributed by atoms with Crippen molar-refractivity contribution in [2.45, 2.75) is 46.2 Å². The van der Waals surface area contributed by atoms with Crippen molar-refractivity contribution < 1.29 is 0 Å². The quantitative estimate of drug-likeness (QED) is 0.773. The van der Waals surface area contributed by atoms with E-state index < -0.39 is 0 Å². The molecule has 3 heteroatoms. The maximum Gasteiger partial charge on any atom is 0.0329 e.